The lowest BCUT2D eigenvalue weighted by atomic mass is 10.1. The lowest BCUT2D eigenvalue weighted by molar-refractivity contribution is 0.238. The fourth-order valence-corrected chi connectivity index (χ4v) is 4.71. The van der Waals surface area contributed by atoms with E-state index in [1.807, 2.05) is 36.5 Å². The minimum absolute atomic E-state index is 0.0277. The van der Waals surface area contributed by atoms with Gasteiger partial charge in [0.15, 0.2) is 11.5 Å². The highest BCUT2D eigenvalue weighted by atomic mass is 32.2. The molecule has 10 nitrogen and oxygen atoms in total. The van der Waals surface area contributed by atoms with Crippen molar-refractivity contribution >= 4 is 15.8 Å². The lowest BCUT2D eigenvalue weighted by Gasteiger charge is -2.14. The van der Waals surface area contributed by atoms with Crippen molar-refractivity contribution in [1.29, 1.82) is 0 Å². The van der Waals surface area contributed by atoms with Gasteiger partial charge in [-0.3, -0.25) is 13.8 Å². The minimum atomic E-state index is -3.47. The number of nitrogens with zero attached hydrogens (tertiary/aromatic N) is 6. The van der Waals surface area contributed by atoms with E-state index >= 15 is 0 Å². The first-order chi connectivity index (χ1) is 17.4. The second-order valence-corrected chi connectivity index (χ2v) is 10.6. The number of ether oxygens (including phenoxy) is 1. The van der Waals surface area contributed by atoms with Gasteiger partial charge in [0.1, 0.15) is 12.4 Å². The topological polar surface area (TPSA) is 104 Å². The predicted molar refractivity (Wildman–Crippen MR) is 135 cm³/mol. The number of fused-ring (bicyclic) bond motifs is 1. The summed E-state index contributed by atoms with van der Waals surface area (Å²) in [5.74, 6) is 1.60. The third-order valence-electron chi connectivity index (χ3n) is 6.11. The van der Waals surface area contributed by atoms with Gasteiger partial charge in [-0.05, 0) is 55.8 Å². The number of likely N-dealkylation sites (tertiary alicyclic amines) is 1. The molecule has 3 aromatic heterocycles. The quantitative estimate of drug-likeness (QED) is 0.284. The van der Waals surface area contributed by atoms with Gasteiger partial charge >= 0.3 is 0 Å². The van der Waals surface area contributed by atoms with Crippen LogP contribution in [0.3, 0.4) is 0 Å². The number of benzene rings is 1. The van der Waals surface area contributed by atoms with E-state index < -0.39 is 10.1 Å². The molecule has 0 saturated carbocycles. The summed E-state index contributed by atoms with van der Waals surface area (Å²) < 4.78 is 36.5. The molecule has 0 N–H and O–H groups in total. The average molecular weight is 511 g/mol. The maximum Gasteiger partial charge on any atom is 0.264 e. The first-order valence-corrected chi connectivity index (χ1v) is 13.9. The monoisotopic (exact) mass is 510 g/mol. The molecule has 1 aromatic carbocycles. The van der Waals surface area contributed by atoms with Crippen LogP contribution in [0.15, 0.2) is 54.9 Å². The smallest absolute Gasteiger partial charge is 0.264 e. The fraction of sp³-hybridized carbons (Fsp3) is 0.400. The molecule has 0 spiro atoms. The van der Waals surface area contributed by atoms with Crippen molar-refractivity contribution in [2.75, 3.05) is 39.1 Å². The third kappa shape index (κ3) is 6.28. The number of rotatable bonds is 11. The van der Waals surface area contributed by atoms with Crippen molar-refractivity contribution in [2.24, 2.45) is 0 Å². The van der Waals surface area contributed by atoms with Crippen molar-refractivity contribution in [3.63, 3.8) is 0 Å². The zero-order chi connectivity index (χ0) is 25.0. The van der Waals surface area contributed by atoms with Gasteiger partial charge in [-0.2, -0.15) is 18.6 Å². The first kappa shape index (κ1) is 24.4. The van der Waals surface area contributed by atoms with Crippen LogP contribution < -0.4 is 4.74 Å². The van der Waals surface area contributed by atoms with E-state index in [0.29, 0.717) is 19.6 Å². The van der Waals surface area contributed by atoms with Crippen molar-refractivity contribution < 1.29 is 17.3 Å². The summed E-state index contributed by atoms with van der Waals surface area (Å²) >= 11 is 0. The Morgan fingerprint density at radius 1 is 1.00 bits per heavy atom. The summed E-state index contributed by atoms with van der Waals surface area (Å²) in [6.45, 7) is 4.39. The van der Waals surface area contributed by atoms with Crippen LogP contribution in [-0.4, -0.2) is 76.8 Å². The van der Waals surface area contributed by atoms with Gasteiger partial charge in [-0.1, -0.05) is 18.2 Å². The van der Waals surface area contributed by atoms with E-state index in [9.17, 15) is 8.42 Å². The molecule has 190 valence electrons. The average Bonchev–Trinajstić information content (AvgIpc) is 3.60. The predicted octanol–water partition coefficient (Wildman–Crippen LogP) is 2.63. The molecule has 4 aromatic rings. The molecule has 0 amide bonds. The van der Waals surface area contributed by atoms with Crippen LogP contribution in [0, 0.1) is 0 Å². The van der Waals surface area contributed by atoms with E-state index in [-0.39, 0.29) is 6.61 Å². The summed E-state index contributed by atoms with van der Waals surface area (Å²) in [6.07, 6.45) is 7.78. The Morgan fingerprint density at radius 3 is 2.58 bits per heavy atom. The number of pyridine rings is 1. The van der Waals surface area contributed by atoms with Gasteiger partial charge in [0, 0.05) is 24.7 Å². The van der Waals surface area contributed by atoms with Crippen LogP contribution in [0.4, 0.5) is 0 Å². The second-order valence-electron chi connectivity index (χ2n) is 8.95. The first-order valence-electron chi connectivity index (χ1n) is 12.1. The summed E-state index contributed by atoms with van der Waals surface area (Å²) in [5.41, 5.74) is 3.56. The number of hydrogen-bond donors (Lipinski definition) is 0. The molecule has 0 radical (unpaired) electrons. The molecule has 5 rings (SSSR count). The van der Waals surface area contributed by atoms with E-state index in [2.05, 4.69) is 22.1 Å². The van der Waals surface area contributed by atoms with E-state index in [4.69, 9.17) is 19.0 Å². The zero-order valence-electron chi connectivity index (χ0n) is 20.3. The Bertz CT molecular complexity index is 1410. The standard InChI is InChI=1S/C25H30N6O4S/c1-36(32,33)35-16-14-30-19-21(18-26-30)23-5-4-6-25-27-24(28-31(23)25)17-20-7-9-22(10-8-20)34-15-13-29-11-2-3-12-29/h4-10,18-19H,2-3,11-17H2,1H3. The Morgan fingerprint density at radius 2 is 1.81 bits per heavy atom. The second kappa shape index (κ2) is 10.8. The van der Waals surface area contributed by atoms with Crippen LogP contribution in [0.25, 0.3) is 16.9 Å². The molecule has 0 bridgehead atoms. The maximum absolute atomic E-state index is 11.2. The van der Waals surface area contributed by atoms with E-state index in [1.165, 1.54) is 25.9 Å². The lowest BCUT2D eigenvalue weighted by Crippen LogP contribution is -2.25. The highest BCUT2D eigenvalue weighted by molar-refractivity contribution is 7.85. The van der Waals surface area contributed by atoms with E-state index in [0.717, 1.165) is 46.8 Å². The number of aromatic nitrogens is 5. The summed E-state index contributed by atoms with van der Waals surface area (Å²) in [4.78, 5) is 7.14. The SMILES string of the molecule is CS(=O)(=O)OCCn1cc(-c2cccc3nc(Cc4ccc(OCCN5CCCC5)cc4)nn23)cn1. The van der Waals surface area contributed by atoms with Gasteiger partial charge in [-0.15, -0.1) is 0 Å². The number of hydrogen-bond acceptors (Lipinski definition) is 8. The Balaban J connectivity index is 1.22. The van der Waals surface area contributed by atoms with E-state index in [1.54, 1.807) is 15.4 Å². The highest BCUT2D eigenvalue weighted by Crippen LogP contribution is 2.21. The van der Waals surface area contributed by atoms with Gasteiger partial charge in [0.2, 0.25) is 0 Å². The molecule has 4 heterocycles. The van der Waals surface area contributed by atoms with Crippen LogP contribution in [0.1, 0.15) is 24.2 Å². The van der Waals surface area contributed by atoms with Crippen molar-refractivity contribution in [2.45, 2.75) is 25.8 Å². The van der Waals surface area contributed by atoms with Crippen molar-refractivity contribution in [3.05, 3.63) is 66.2 Å². The van der Waals surface area contributed by atoms with Gasteiger partial charge in [-0.25, -0.2) is 9.50 Å². The molecule has 1 aliphatic rings. The third-order valence-corrected chi connectivity index (χ3v) is 6.71. The Hall–Kier alpha value is -3.28. The minimum Gasteiger partial charge on any atom is -0.492 e. The summed E-state index contributed by atoms with van der Waals surface area (Å²) in [6, 6.07) is 13.9. The summed E-state index contributed by atoms with van der Waals surface area (Å²) in [5, 5.41) is 9.04. The molecule has 1 fully saturated rings. The molecular weight excluding hydrogens is 480 g/mol. The molecule has 1 aliphatic heterocycles. The molecular formula is C25H30N6O4S. The van der Waals surface area contributed by atoms with Crippen molar-refractivity contribution in [1.82, 2.24) is 29.3 Å². The van der Waals surface area contributed by atoms with Crippen LogP contribution in [0.5, 0.6) is 5.75 Å². The molecule has 0 aliphatic carbocycles. The Kier molecular flexibility index (Phi) is 7.30. The van der Waals surface area contributed by atoms with Gasteiger partial charge in [0.05, 0.1) is 31.3 Å². The van der Waals surface area contributed by atoms with Gasteiger partial charge < -0.3 is 4.74 Å². The molecule has 1 saturated heterocycles. The Labute approximate surface area is 210 Å². The zero-order valence-corrected chi connectivity index (χ0v) is 21.1. The van der Waals surface area contributed by atoms with Crippen molar-refractivity contribution in [3.8, 4) is 17.0 Å². The van der Waals surface area contributed by atoms with Gasteiger partial charge in [0.25, 0.3) is 10.1 Å². The van der Waals surface area contributed by atoms with Crippen LogP contribution >= 0.6 is 0 Å². The molecule has 11 heteroatoms. The largest absolute Gasteiger partial charge is 0.492 e. The molecule has 36 heavy (non-hydrogen) atoms. The maximum atomic E-state index is 11.2. The summed E-state index contributed by atoms with van der Waals surface area (Å²) in [7, 11) is -3.47. The fourth-order valence-electron chi connectivity index (χ4n) is 4.33. The highest BCUT2D eigenvalue weighted by Gasteiger charge is 2.13. The normalized spacial score (nSPS) is 14.6. The van der Waals surface area contributed by atoms with Crippen LogP contribution in [0.2, 0.25) is 0 Å². The van der Waals surface area contributed by atoms with Crippen LogP contribution in [-0.2, 0) is 27.3 Å². The molecule has 0 atom stereocenters. The molecule has 0 unspecified atom stereocenters.